The van der Waals surface area contributed by atoms with E-state index in [4.69, 9.17) is 9.84 Å². The van der Waals surface area contributed by atoms with Gasteiger partial charge in [-0.2, -0.15) is 0 Å². The van der Waals surface area contributed by atoms with E-state index in [0.717, 1.165) is 30.6 Å². The number of hydrogen-bond donors (Lipinski definition) is 1. The number of hydrogen-bond acceptors (Lipinski definition) is 2. The van der Waals surface area contributed by atoms with E-state index in [9.17, 15) is 0 Å². The van der Waals surface area contributed by atoms with Crippen LogP contribution in [0.4, 0.5) is 0 Å². The molecule has 1 aliphatic carbocycles. The second-order valence-electron chi connectivity index (χ2n) is 2.24. The van der Waals surface area contributed by atoms with Crippen molar-refractivity contribution < 1.29 is 9.84 Å². The lowest BCUT2D eigenvalue weighted by Gasteiger charge is -2.00. The molecule has 9 heavy (non-hydrogen) atoms. The van der Waals surface area contributed by atoms with Crippen molar-refractivity contribution in [2.75, 3.05) is 13.7 Å². The Morgan fingerprint density at radius 3 is 2.78 bits per heavy atom. The van der Waals surface area contributed by atoms with Crippen LogP contribution in [0.15, 0.2) is 11.3 Å². The fraction of sp³-hybridized carbons (Fsp3) is 0.714. The molecule has 1 N–H and O–H groups in total. The van der Waals surface area contributed by atoms with Crippen molar-refractivity contribution in [1.29, 1.82) is 0 Å². The summed E-state index contributed by atoms with van der Waals surface area (Å²) in [7, 11) is 1.66. The smallest absolute Gasteiger partial charge is 0.0970 e. The normalized spacial score (nSPS) is 18.9. The quantitative estimate of drug-likeness (QED) is 0.602. The second kappa shape index (κ2) is 2.87. The van der Waals surface area contributed by atoms with Crippen LogP contribution in [-0.4, -0.2) is 18.8 Å². The number of rotatable bonds is 2. The van der Waals surface area contributed by atoms with Crippen LogP contribution < -0.4 is 0 Å². The van der Waals surface area contributed by atoms with Crippen LogP contribution in [0.3, 0.4) is 0 Å². The lowest BCUT2D eigenvalue weighted by atomic mass is 10.2. The Bertz CT molecular complexity index is 113. The third-order valence-electron chi connectivity index (χ3n) is 1.71. The molecule has 0 spiro atoms. The number of methoxy groups -OCH3 is 1. The molecule has 2 heteroatoms. The van der Waals surface area contributed by atoms with Gasteiger partial charge < -0.3 is 9.84 Å². The van der Waals surface area contributed by atoms with Crippen LogP contribution in [-0.2, 0) is 4.74 Å². The number of aliphatic hydroxyl groups is 1. The summed E-state index contributed by atoms with van der Waals surface area (Å²) in [6.07, 6.45) is 3.16. The first-order chi connectivity index (χ1) is 4.38. The van der Waals surface area contributed by atoms with Crippen LogP contribution in [0.2, 0.25) is 0 Å². The van der Waals surface area contributed by atoms with Gasteiger partial charge in [-0.25, -0.2) is 0 Å². The van der Waals surface area contributed by atoms with Crippen molar-refractivity contribution >= 4 is 0 Å². The van der Waals surface area contributed by atoms with Crippen LogP contribution in [0.25, 0.3) is 0 Å². The largest absolute Gasteiger partial charge is 0.501 e. The minimum absolute atomic E-state index is 0.170. The summed E-state index contributed by atoms with van der Waals surface area (Å²) in [5.74, 6) is 0.998. The summed E-state index contributed by atoms with van der Waals surface area (Å²) in [5, 5.41) is 8.73. The lowest BCUT2D eigenvalue weighted by molar-refractivity contribution is 0.266. The molecule has 0 aromatic heterocycles. The predicted octanol–water partition coefficient (Wildman–Crippen LogP) is 1.06. The van der Waals surface area contributed by atoms with Gasteiger partial charge in [0.15, 0.2) is 0 Å². The van der Waals surface area contributed by atoms with Crippen LogP contribution in [0, 0.1) is 0 Å². The number of ether oxygens (including phenoxy) is 1. The standard InChI is InChI=1S/C7H12O2/c1-9-7-4-2-3-6(7)5-8/h8H,2-5H2,1H3. The molecule has 0 amide bonds. The van der Waals surface area contributed by atoms with Crippen LogP contribution in [0.1, 0.15) is 19.3 Å². The minimum atomic E-state index is 0.170. The van der Waals surface area contributed by atoms with E-state index in [1.165, 1.54) is 0 Å². The van der Waals surface area contributed by atoms with Gasteiger partial charge in [0.1, 0.15) is 0 Å². The molecule has 1 aliphatic rings. The van der Waals surface area contributed by atoms with E-state index in [1.54, 1.807) is 7.11 Å². The molecule has 0 saturated carbocycles. The molecule has 0 saturated heterocycles. The molecule has 0 aromatic carbocycles. The summed E-state index contributed by atoms with van der Waals surface area (Å²) < 4.78 is 5.03. The summed E-state index contributed by atoms with van der Waals surface area (Å²) in [6.45, 7) is 0.170. The van der Waals surface area contributed by atoms with Crippen molar-refractivity contribution in [2.24, 2.45) is 0 Å². The Hall–Kier alpha value is -0.500. The Kier molecular flexibility index (Phi) is 2.11. The van der Waals surface area contributed by atoms with Crippen molar-refractivity contribution in [3.63, 3.8) is 0 Å². The van der Waals surface area contributed by atoms with Gasteiger partial charge >= 0.3 is 0 Å². The molecule has 0 aromatic rings. The number of aliphatic hydroxyl groups excluding tert-OH is 1. The Balaban J connectivity index is 2.59. The second-order valence-corrected chi connectivity index (χ2v) is 2.24. The maximum Gasteiger partial charge on any atom is 0.0970 e. The van der Waals surface area contributed by atoms with E-state index in [2.05, 4.69) is 0 Å². The monoisotopic (exact) mass is 128 g/mol. The maximum absolute atomic E-state index is 8.73. The van der Waals surface area contributed by atoms with Crippen LogP contribution in [0.5, 0.6) is 0 Å². The van der Waals surface area contributed by atoms with Crippen molar-refractivity contribution in [1.82, 2.24) is 0 Å². The highest BCUT2D eigenvalue weighted by molar-refractivity contribution is 5.14. The SMILES string of the molecule is COC1=C(CO)CCC1. The van der Waals surface area contributed by atoms with Crippen molar-refractivity contribution in [2.45, 2.75) is 19.3 Å². The molecule has 52 valence electrons. The van der Waals surface area contributed by atoms with Crippen molar-refractivity contribution in [3.8, 4) is 0 Å². The Labute approximate surface area is 55.1 Å². The zero-order chi connectivity index (χ0) is 6.69. The average Bonchev–Trinajstić information content (AvgIpc) is 2.33. The fourth-order valence-electron chi connectivity index (χ4n) is 1.19. The van der Waals surface area contributed by atoms with Crippen molar-refractivity contribution in [3.05, 3.63) is 11.3 Å². The molecule has 0 atom stereocenters. The zero-order valence-electron chi connectivity index (χ0n) is 5.68. The molecule has 0 bridgehead atoms. The van der Waals surface area contributed by atoms with Crippen LogP contribution >= 0.6 is 0 Å². The first-order valence-corrected chi connectivity index (χ1v) is 3.24. The maximum atomic E-state index is 8.73. The van der Waals surface area contributed by atoms with E-state index in [1.807, 2.05) is 0 Å². The predicted molar refractivity (Wildman–Crippen MR) is 35.0 cm³/mol. The van der Waals surface area contributed by atoms with E-state index in [0.29, 0.717) is 0 Å². The highest BCUT2D eigenvalue weighted by Crippen LogP contribution is 2.25. The molecular weight excluding hydrogens is 116 g/mol. The van der Waals surface area contributed by atoms with Gasteiger partial charge in [0.05, 0.1) is 19.5 Å². The van der Waals surface area contributed by atoms with Gasteiger partial charge in [0, 0.05) is 6.42 Å². The van der Waals surface area contributed by atoms with Gasteiger partial charge in [-0.15, -0.1) is 0 Å². The van der Waals surface area contributed by atoms with E-state index in [-0.39, 0.29) is 6.61 Å². The van der Waals surface area contributed by atoms with Gasteiger partial charge in [-0.3, -0.25) is 0 Å². The van der Waals surface area contributed by atoms with E-state index < -0.39 is 0 Å². The molecule has 1 rings (SSSR count). The average molecular weight is 128 g/mol. The molecule has 0 aliphatic heterocycles. The van der Waals surface area contributed by atoms with E-state index >= 15 is 0 Å². The van der Waals surface area contributed by atoms with Gasteiger partial charge in [0.2, 0.25) is 0 Å². The summed E-state index contributed by atoms with van der Waals surface area (Å²) in [6, 6.07) is 0. The van der Waals surface area contributed by atoms with Gasteiger partial charge in [0.25, 0.3) is 0 Å². The number of allylic oxidation sites excluding steroid dienone is 1. The summed E-state index contributed by atoms with van der Waals surface area (Å²) in [5.41, 5.74) is 1.08. The summed E-state index contributed by atoms with van der Waals surface area (Å²) in [4.78, 5) is 0. The molecular formula is C7H12O2. The molecule has 0 heterocycles. The highest BCUT2D eigenvalue weighted by Gasteiger charge is 2.12. The lowest BCUT2D eigenvalue weighted by Crippen LogP contribution is -1.90. The molecule has 0 fully saturated rings. The zero-order valence-corrected chi connectivity index (χ0v) is 5.68. The Morgan fingerprint density at radius 1 is 1.56 bits per heavy atom. The first kappa shape index (κ1) is 6.62. The fourth-order valence-corrected chi connectivity index (χ4v) is 1.19. The third kappa shape index (κ3) is 1.24. The third-order valence-corrected chi connectivity index (χ3v) is 1.71. The topological polar surface area (TPSA) is 29.5 Å². The first-order valence-electron chi connectivity index (χ1n) is 3.24. The molecule has 2 nitrogen and oxygen atoms in total. The molecule has 0 unspecified atom stereocenters. The van der Waals surface area contributed by atoms with Gasteiger partial charge in [-0.1, -0.05) is 0 Å². The highest BCUT2D eigenvalue weighted by atomic mass is 16.5. The minimum Gasteiger partial charge on any atom is -0.501 e. The summed E-state index contributed by atoms with van der Waals surface area (Å²) >= 11 is 0. The Morgan fingerprint density at radius 2 is 2.33 bits per heavy atom. The molecule has 0 radical (unpaired) electrons. The van der Waals surface area contributed by atoms with Gasteiger partial charge in [-0.05, 0) is 18.4 Å².